The Hall–Kier alpha value is -2.50. The standard InChI is InChI=1S/C19H20F3NO2/c1-3-17(16-10-5-4-7-13(16)2)23-18(24)12-25-15-9-6-8-14(11-15)19(20,21)22/h4-11,17H,3,12H2,1-2H3,(H,23,24). The second kappa shape index (κ2) is 8.05. The van der Waals surface area contributed by atoms with Crippen molar-refractivity contribution in [1.82, 2.24) is 5.32 Å². The third kappa shape index (κ3) is 5.24. The van der Waals surface area contributed by atoms with Gasteiger partial charge in [0.15, 0.2) is 6.61 Å². The summed E-state index contributed by atoms with van der Waals surface area (Å²) in [5.74, 6) is -0.374. The van der Waals surface area contributed by atoms with E-state index in [0.717, 1.165) is 23.3 Å². The van der Waals surface area contributed by atoms with Crippen molar-refractivity contribution in [1.29, 1.82) is 0 Å². The molecule has 0 saturated carbocycles. The maximum absolute atomic E-state index is 12.7. The summed E-state index contributed by atoms with van der Waals surface area (Å²) in [5.41, 5.74) is 1.27. The second-order valence-corrected chi connectivity index (χ2v) is 5.70. The predicted molar refractivity (Wildman–Crippen MR) is 89.3 cm³/mol. The molecular formula is C19H20F3NO2. The number of carbonyl (C=O) groups is 1. The molecule has 1 atom stereocenters. The van der Waals surface area contributed by atoms with Gasteiger partial charge in [-0.25, -0.2) is 0 Å². The number of hydrogen-bond donors (Lipinski definition) is 1. The molecule has 0 saturated heterocycles. The van der Waals surface area contributed by atoms with E-state index in [1.165, 1.54) is 12.1 Å². The quantitative estimate of drug-likeness (QED) is 0.822. The summed E-state index contributed by atoms with van der Waals surface area (Å²) in [6.45, 7) is 3.57. The minimum Gasteiger partial charge on any atom is -0.484 e. The van der Waals surface area contributed by atoms with Gasteiger partial charge in [-0.1, -0.05) is 37.3 Å². The first-order chi connectivity index (χ1) is 11.8. The van der Waals surface area contributed by atoms with E-state index in [2.05, 4.69) is 5.32 Å². The van der Waals surface area contributed by atoms with Crippen molar-refractivity contribution in [2.24, 2.45) is 0 Å². The maximum atomic E-state index is 12.7. The van der Waals surface area contributed by atoms with Gasteiger partial charge in [0.1, 0.15) is 5.75 Å². The van der Waals surface area contributed by atoms with Gasteiger partial charge in [-0.15, -0.1) is 0 Å². The summed E-state index contributed by atoms with van der Waals surface area (Å²) in [6, 6.07) is 12.0. The molecule has 0 aliphatic rings. The Morgan fingerprint density at radius 1 is 1.16 bits per heavy atom. The number of hydrogen-bond acceptors (Lipinski definition) is 2. The Balaban J connectivity index is 1.97. The molecule has 0 spiro atoms. The number of amides is 1. The lowest BCUT2D eigenvalue weighted by atomic mass is 9.99. The summed E-state index contributed by atoms with van der Waals surface area (Å²) in [6.07, 6.45) is -3.75. The Bertz CT molecular complexity index is 729. The molecule has 1 unspecified atom stereocenters. The molecule has 134 valence electrons. The van der Waals surface area contributed by atoms with Crippen molar-refractivity contribution >= 4 is 5.91 Å². The summed E-state index contributed by atoms with van der Waals surface area (Å²) >= 11 is 0. The molecule has 25 heavy (non-hydrogen) atoms. The molecule has 0 bridgehead atoms. The highest BCUT2D eigenvalue weighted by Crippen LogP contribution is 2.31. The summed E-state index contributed by atoms with van der Waals surface area (Å²) in [5, 5.41) is 2.85. The van der Waals surface area contributed by atoms with E-state index < -0.39 is 11.7 Å². The van der Waals surface area contributed by atoms with Crippen LogP contribution in [-0.2, 0) is 11.0 Å². The van der Waals surface area contributed by atoms with Crippen LogP contribution < -0.4 is 10.1 Å². The van der Waals surface area contributed by atoms with E-state index in [4.69, 9.17) is 4.74 Å². The summed E-state index contributed by atoms with van der Waals surface area (Å²) in [4.78, 5) is 12.1. The van der Waals surface area contributed by atoms with Crippen LogP contribution in [0.3, 0.4) is 0 Å². The summed E-state index contributed by atoms with van der Waals surface area (Å²) < 4.78 is 43.2. The smallest absolute Gasteiger partial charge is 0.416 e. The number of alkyl halides is 3. The number of nitrogens with one attached hydrogen (secondary N) is 1. The van der Waals surface area contributed by atoms with E-state index >= 15 is 0 Å². The van der Waals surface area contributed by atoms with Gasteiger partial charge in [-0.05, 0) is 42.7 Å². The van der Waals surface area contributed by atoms with Crippen LogP contribution in [0.2, 0.25) is 0 Å². The Morgan fingerprint density at radius 2 is 1.88 bits per heavy atom. The highest BCUT2D eigenvalue weighted by Gasteiger charge is 2.30. The average Bonchev–Trinajstić information content (AvgIpc) is 2.58. The molecule has 1 amide bonds. The van der Waals surface area contributed by atoms with E-state index in [-0.39, 0.29) is 24.3 Å². The first-order valence-corrected chi connectivity index (χ1v) is 7.96. The summed E-state index contributed by atoms with van der Waals surface area (Å²) in [7, 11) is 0. The third-order valence-electron chi connectivity index (χ3n) is 3.84. The van der Waals surface area contributed by atoms with Crippen LogP contribution in [0.25, 0.3) is 0 Å². The topological polar surface area (TPSA) is 38.3 Å². The Labute approximate surface area is 144 Å². The molecule has 6 heteroatoms. The van der Waals surface area contributed by atoms with Gasteiger partial charge in [-0.3, -0.25) is 4.79 Å². The van der Waals surface area contributed by atoms with E-state index in [1.807, 2.05) is 38.1 Å². The lowest BCUT2D eigenvalue weighted by molar-refractivity contribution is -0.137. The lowest BCUT2D eigenvalue weighted by Crippen LogP contribution is -2.32. The monoisotopic (exact) mass is 351 g/mol. The molecule has 0 heterocycles. The van der Waals surface area contributed by atoms with Gasteiger partial charge in [0.25, 0.3) is 5.91 Å². The number of aryl methyl sites for hydroxylation is 1. The third-order valence-corrected chi connectivity index (χ3v) is 3.84. The molecule has 2 rings (SSSR count). The maximum Gasteiger partial charge on any atom is 0.416 e. The van der Waals surface area contributed by atoms with E-state index in [1.54, 1.807) is 0 Å². The normalized spacial score (nSPS) is 12.5. The van der Waals surface area contributed by atoms with E-state index in [0.29, 0.717) is 6.42 Å². The second-order valence-electron chi connectivity index (χ2n) is 5.70. The highest BCUT2D eigenvalue weighted by molar-refractivity contribution is 5.78. The molecule has 2 aromatic carbocycles. The van der Waals surface area contributed by atoms with Gasteiger partial charge in [0, 0.05) is 0 Å². The highest BCUT2D eigenvalue weighted by atomic mass is 19.4. The van der Waals surface area contributed by atoms with Gasteiger partial charge >= 0.3 is 6.18 Å². The Morgan fingerprint density at radius 3 is 2.52 bits per heavy atom. The number of carbonyl (C=O) groups excluding carboxylic acids is 1. The SMILES string of the molecule is CCC(NC(=O)COc1cccc(C(F)(F)F)c1)c1ccccc1C. The van der Waals surface area contributed by atoms with Crippen molar-refractivity contribution in [2.45, 2.75) is 32.5 Å². The van der Waals surface area contributed by atoms with E-state index in [9.17, 15) is 18.0 Å². The van der Waals surface area contributed by atoms with Crippen LogP contribution in [0.15, 0.2) is 48.5 Å². The minimum absolute atomic E-state index is 0.00825. The minimum atomic E-state index is -4.44. The number of benzene rings is 2. The van der Waals surface area contributed by atoms with Crippen LogP contribution in [0.4, 0.5) is 13.2 Å². The zero-order valence-corrected chi connectivity index (χ0v) is 14.1. The van der Waals surface area contributed by atoms with Crippen LogP contribution in [-0.4, -0.2) is 12.5 Å². The predicted octanol–water partition coefficient (Wildman–Crippen LogP) is 4.66. The largest absolute Gasteiger partial charge is 0.484 e. The van der Waals surface area contributed by atoms with Crippen molar-refractivity contribution in [3.63, 3.8) is 0 Å². The fraction of sp³-hybridized carbons (Fsp3) is 0.316. The number of ether oxygens (including phenoxy) is 1. The van der Waals surface area contributed by atoms with Crippen LogP contribution in [0.5, 0.6) is 5.75 Å². The average molecular weight is 351 g/mol. The van der Waals surface area contributed by atoms with Crippen LogP contribution in [0, 0.1) is 6.92 Å². The molecule has 0 aromatic heterocycles. The Kier molecular flexibility index (Phi) is 6.07. The number of halogens is 3. The first kappa shape index (κ1) is 18.8. The molecular weight excluding hydrogens is 331 g/mol. The molecule has 0 radical (unpaired) electrons. The zero-order chi connectivity index (χ0) is 18.4. The van der Waals surface area contributed by atoms with Gasteiger partial charge in [0.05, 0.1) is 11.6 Å². The molecule has 0 aliphatic heterocycles. The molecule has 1 N–H and O–H groups in total. The van der Waals surface area contributed by atoms with Gasteiger partial charge < -0.3 is 10.1 Å². The van der Waals surface area contributed by atoms with Crippen LogP contribution >= 0.6 is 0 Å². The fourth-order valence-electron chi connectivity index (χ4n) is 2.52. The lowest BCUT2D eigenvalue weighted by Gasteiger charge is -2.19. The van der Waals surface area contributed by atoms with Gasteiger partial charge in [0.2, 0.25) is 0 Å². The van der Waals surface area contributed by atoms with Crippen molar-refractivity contribution < 1.29 is 22.7 Å². The first-order valence-electron chi connectivity index (χ1n) is 7.96. The zero-order valence-electron chi connectivity index (χ0n) is 14.1. The van der Waals surface area contributed by atoms with Crippen molar-refractivity contribution in [2.75, 3.05) is 6.61 Å². The molecule has 0 aliphatic carbocycles. The van der Waals surface area contributed by atoms with Crippen LogP contribution in [0.1, 0.15) is 36.1 Å². The van der Waals surface area contributed by atoms with Crippen molar-refractivity contribution in [3.05, 3.63) is 65.2 Å². The number of rotatable bonds is 6. The molecule has 3 nitrogen and oxygen atoms in total. The van der Waals surface area contributed by atoms with Crippen molar-refractivity contribution in [3.8, 4) is 5.75 Å². The molecule has 0 fully saturated rings. The fourth-order valence-corrected chi connectivity index (χ4v) is 2.52. The van der Waals surface area contributed by atoms with Gasteiger partial charge in [-0.2, -0.15) is 13.2 Å². The molecule has 2 aromatic rings.